The average molecular weight is 291 g/mol. The van der Waals surface area contributed by atoms with Crippen molar-refractivity contribution in [3.05, 3.63) is 64.5 Å². The molecule has 0 bridgehead atoms. The number of ketones is 1. The fraction of sp³-hybridized carbons (Fsp3) is 0. The van der Waals surface area contributed by atoms with Gasteiger partial charge in [0.1, 0.15) is 11.4 Å². The molecule has 0 aliphatic carbocycles. The lowest BCUT2D eigenvalue weighted by Crippen LogP contribution is -2.14. The van der Waals surface area contributed by atoms with Crippen molar-refractivity contribution in [3.8, 4) is 0 Å². The summed E-state index contributed by atoms with van der Waals surface area (Å²) in [6.45, 7) is 0. The van der Waals surface area contributed by atoms with Crippen LogP contribution in [0, 0.1) is 34.9 Å². The predicted molar refractivity (Wildman–Crippen MR) is 53.9 cm³/mol. The number of hydrogen-bond acceptors (Lipinski definition) is 2. The summed E-state index contributed by atoms with van der Waals surface area (Å²) in [4.78, 5) is 15.0. The highest BCUT2D eigenvalue weighted by Gasteiger charge is 2.30. The molecule has 1 aromatic carbocycles. The maximum atomic E-state index is 13.4. The van der Waals surface area contributed by atoms with Crippen LogP contribution in [0.5, 0.6) is 0 Å². The van der Waals surface area contributed by atoms with Gasteiger partial charge in [0.25, 0.3) is 0 Å². The van der Waals surface area contributed by atoms with Gasteiger partial charge in [-0.1, -0.05) is 0 Å². The molecule has 0 aliphatic heterocycles. The molecule has 0 spiro atoms. The lowest BCUT2D eigenvalue weighted by atomic mass is 10.0. The molecular weight excluding hydrogens is 288 g/mol. The molecule has 0 unspecified atom stereocenters. The molecular formula is C12H3F6NO. The minimum atomic E-state index is -2.38. The van der Waals surface area contributed by atoms with Crippen LogP contribution in [0.1, 0.15) is 15.9 Å². The van der Waals surface area contributed by atoms with Crippen molar-refractivity contribution in [2.45, 2.75) is 0 Å². The number of carbonyl (C=O) groups excluding carboxylic acids is 1. The number of halogens is 6. The molecule has 2 aromatic rings. The maximum Gasteiger partial charge on any atom is 0.200 e. The van der Waals surface area contributed by atoms with E-state index in [4.69, 9.17) is 0 Å². The van der Waals surface area contributed by atoms with E-state index >= 15 is 0 Å². The Kier molecular flexibility index (Phi) is 3.47. The lowest BCUT2D eigenvalue weighted by molar-refractivity contribution is 0.102. The summed E-state index contributed by atoms with van der Waals surface area (Å²) in [6.07, 6.45) is 1.44. The van der Waals surface area contributed by atoms with Gasteiger partial charge in [0.15, 0.2) is 23.3 Å². The van der Waals surface area contributed by atoms with E-state index in [9.17, 15) is 31.1 Å². The Morgan fingerprint density at radius 1 is 0.800 bits per heavy atom. The fourth-order valence-corrected chi connectivity index (χ4v) is 1.48. The summed E-state index contributed by atoms with van der Waals surface area (Å²) in [5.41, 5.74) is -2.30. The van der Waals surface area contributed by atoms with E-state index < -0.39 is 51.8 Å². The monoisotopic (exact) mass is 291 g/mol. The smallest absolute Gasteiger partial charge is 0.200 e. The molecule has 1 heterocycles. The summed E-state index contributed by atoms with van der Waals surface area (Å²) >= 11 is 0. The third kappa shape index (κ3) is 2.13. The van der Waals surface area contributed by atoms with E-state index in [1.807, 2.05) is 0 Å². The van der Waals surface area contributed by atoms with Crippen molar-refractivity contribution in [2.24, 2.45) is 0 Å². The Morgan fingerprint density at radius 2 is 1.30 bits per heavy atom. The van der Waals surface area contributed by atoms with E-state index in [1.165, 1.54) is 0 Å². The zero-order valence-electron chi connectivity index (χ0n) is 9.36. The van der Waals surface area contributed by atoms with Crippen LogP contribution in [-0.4, -0.2) is 10.8 Å². The van der Waals surface area contributed by atoms with Gasteiger partial charge in [0.05, 0.1) is 6.20 Å². The first-order valence-electron chi connectivity index (χ1n) is 5.01. The Labute approximate surface area is 107 Å². The molecule has 104 valence electrons. The first kappa shape index (κ1) is 14.0. The molecule has 0 aliphatic rings. The van der Waals surface area contributed by atoms with Gasteiger partial charge in [-0.15, -0.1) is 0 Å². The van der Waals surface area contributed by atoms with Crippen LogP contribution in [0.25, 0.3) is 0 Å². The molecule has 0 atom stereocenters. The van der Waals surface area contributed by atoms with Gasteiger partial charge in [0, 0.05) is 11.8 Å². The Morgan fingerprint density at radius 3 is 1.80 bits per heavy atom. The van der Waals surface area contributed by atoms with Crippen LogP contribution in [0.15, 0.2) is 18.5 Å². The van der Waals surface area contributed by atoms with E-state index in [0.717, 1.165) is 6.20 Å². The van der Waals surface area contributed by atoms with Crippen molar-refractivity contribution >= 4 is 5.78 Å². The first-order valence-corrected chi connectivity index (χ1v) is 5.01. The van der Waals surface area contributed by atoms with Gasteiger partial charge in [0.2, 0.25) is 11.6 Å². The number of nitrogens with zero attached hydrogens (tertiary/aromatic N) is 1. The molecule has 0 fully saturated rings. The lowest BCUT2D eigenvalue weighted by Gasteiger charge is -2.07. The number of hydrogen-bond donors (Lipinski definition) is 0. The second-order valence-electron chi connectivity index (χ2n) is 3.67. The second-order valence-corrected chi connectivity index (χ2v) is 3.67. The van der Waals surface area contributed by atoms with Crippen LogP contribution in [0.2, 0.25) is 0 Å². The number of pyridine rings is 1. The zero-order valence-corrected chi connectivity index (χ0v) is 9.36. The van der Waals surface area contributed by atoms with Crippen molar-refractivity contribution < 1.29 is 31.1 Å². The minimum Gasteiger partial charge on any atom is -0.288 e. The Hall–Kier alpha value is -2.38. The number of carbonyl (C=O) groups is 1. The zero-order chi connectivity index (χ0) is 15.0. The van der Waals surface area contributed by atoms with Crippen molar-refractivity contribution in [1.29, 1.82) is 0 Å². The third-order valence-corrected chi connectivity index (χ3v) is 2.40. The first-order chi connectivity index (χ1) is 9.34. The molecule has 0 N–H and O–H groups in total. The van der Waals surface area contributed by atoms with Crippen LogP contribution in [0.3, 0.4) is 0 Å². The van der Waals surface area contributed by atoms with Gasteiger partial charge in [-0.05, 0) is 6.07 Å². The van der Waals surface area contributed by atoms with Gasteiger partial charge >= 0.3 is 0 Å². The molecule has 20 heavy (non-hydrogen) atoms. The number of benzene rings is 1. The quantitative estimate of drug-likeness (QED) is 0.368. The minimum absolute atomic E-state index is 0.563. The summed E-state index contributed by atoms with van der Waals surface area (Å²) < 4.78 is 78.3. The molecule has 1 aromatic heterocycles. The standard InChI is InChI=1S/C12H3F6NO/c13-5-1-4(2-19-3-5)12(20)6-7(14)9(16)11(18)10(17)8(6)15/h1-3H. The van der Waals surface area contributed by atoms with Crippen molar-refractivity contribution in [3.63, 3.8) is 0 Å². The summed E-state index contributed by atoms with van der Waals surface area (Å²) in [7, 11) is 0. The predicted octanol–water partition coefficient (Wildman–Crippen LogP) is 3.15. The van der Waals surface area contributed by atoms with E-state index in [2.05, 4.69) is 4.98 Å². The molecule has 0 radical (unpaired) electrons. The van der Waals surface area contributed by atoms with E-state index in [-0.39, 0.29) is 0 Å². The molecule has 0 saturated carbocycles. The van der Waals surface area contributed by atoms with Crippen LogP contribution in [-0.2, 0) is 0 Å². The van der Waals surface area contributed by atoms with E-state index in [1.54, 1.807) is 0 Å². The second kappa shape index (κ2) is 4.95. The van der Waals surface area contributed by atoms with Crippen LogP contribution in [0.4, 0.5) is 26.3 Å². The van der Waals surface area contributed by atoms with Gasteiger partial charge in [-0.2, -0.15) is 0 Å². The average Bonchev–Trinajstić information content (AvgIpc) is 2.43. The SMILES string of the molecule is O=C(c1cncc(F)c1)c1c(F)c(F)c(F)c(F)c1F. The highest BCUT2D eigenvalue weighted by Crippen LogP contribution is 2.25. The molecule has 8 heteroatoms. The van der Waals surface area contributed by atoms with Crippen molar-refractivity contribution in [2.75, 3.05) is 0 Å². The van der Waals surface area contributed by atoms with E-state index in [0.29, 0.717) is 12.3 Å². The largest absolute Gasteiger partial charge is 0.288 e. The normalized spacial score (nSPS) is 10.7. The van der Waals surface area contributed by atoms with Crippen LogP contribution >= 0.6 is 0 Å². The highest BCUT2D eigenvalue weighted by atomic mass is 19.2. The van der Waals surface area contributed by atoms with Gasteiger partial charge in [-0.3, -0.25) is 9.78 Å². The van der Waals surface area contributed by atoms with Crippen molar-refractivity contribution in [1.82, 2.24) is 4.98 Å². The topological polar surface area (TPSA) is 30.0 Å². The van der Waals surface area contributed by atoms with Gasteiger partial charge < -0.3 is 0 Å². The third-order valence-electron chi connectivity index (χ3n) is 2.40. The maximum absolute atomic E-state index is 13.4. The molecule has 0 amide bonds. The number of rotatable bonds is 2. The fourth-order valence-electron chi connectivity index (χ4n) is 1.48. The Balaban J connectivity index is 2.67. The molecule has 2 rings (SSSR count). The number of aromatic nitrogens is 1. The Bertz CT molecular complexity index is 686. The highest BCUT2D eigenvalue weighted by molar-refractivity contribution is 6.09. The molecule has 2 nitrogen and oxygen atoms in total. The van der Waals surface area contributed by atoms with Crippen LogP contribution < -0.4 is 0 Å². The molecule has 0 saturated heterocycles. The van der Waals surface area contributed by atoms with Gasteiger partial charge in [-0.25, -0.2) is 26.3 Å². The summed E-state index contributed by atoms with van der Waals surface area (Å²) in [6, 6.07) is 0.563. The summed E-state index contributed by atoms with van der Waals surface area (Å²) in [5.74, 6) is -14.0. The summed E-state index contributed by atoms with van der Waals surface area (Å²) in [5, 5.41) is 0.